The van der Waals surface area contributed by atoms with Gasteiger partial charge in [-0.1, -0.05) is 6.07 Å². The molecular formula is C15H9F3N4O3. The molecule has 0 aliphatic carbocycles. The Bertz CT molecular complexity index is 864. The summed E-state index contributed by atoms with van der Waals surface area (Å²) in [5.41, 5.74) is 1.54. The van der Waals surface area contributed by atoms with Crippen molar-refractivity contribution in [2.24, 2.45) is 0 Å². The molecule has 0 unspecified atom stereocenters. The van der Waals surface area contributed by atoms with Crippen molar-refractivity contribution in [1.29, 1.82) is 0 Å². The Labute approximate surface area is 138 Å². The Balaban J connectivity index is 1.65. The second-order valence-corrected chi connectivity index (χ2v) is 4.67. The molecule has 10 heteroatoms. The summed E-state index contributed by atoms with van der Waals surface area (Å²) in [7, 11) is 0. The van der Waals surface area contributed by atoms with E-state index in [1.807, 2.05) is 0 Å². The Morgan fingerprint density at radius 2 is 1.92 bits per heavy atom. The highest BCUT2D eigenvalue weighted by Gasteiger charge is 2.30. The summed E-state index contributed by atoms with van der Waals surface area (Å²) in [6.45, 7) is 0. The summed E-state index contributed by atoms with van der Waals surface area (Å²) >= 11 is 0. The minimum absolute atomic E-state index is 0.0752. The van der Waals surface area contributed by atoms with E-state index in [-0.39, 0.29) is 23.2 Å². The minimum Gasteiger partial charge on any atom is -0.420 e. The van der Waals surface area contributed by atoms with Crippen LogP contribution in [0.15, 0.2) is 53.3 Å². The average molecular weight is 350 g/mol. The van der Waals surface area contributed by atoms with Crippen molar-refractivity contribution in [2.45, 2.75) is 6.18 Å². The first-order valence-corrected chi connectivity index (χ1v) is 6.81. The van der Waals surface area contributed by atoms with E-state index in [1.165, 1.54) is 18.5 Å². The van der Waals surface area contributed by atoms with Crippen molar-refractivity contribution in [2.75, 3.05) is 5.48 Å². The van der Waals surface area contributed by atoms with E-state index in [0.717, 1.165) is 12.1 Å². The maximum atomic E-state index is 12.5. The monoisotopic (exact) mass is 350 g/mol. The van der Waals surface area contributed by atoms with Crippen LogP contribution in [0.25, 0.3) is 11.5 Å². The lowest BCUT2D eigenvalue weighted by Crippen LogP contribution is -2.12. The maximum Gasteiger partial charge on any atom is 0.417 e. The molecule has 0 bridgehead atoms. The number of hydrogen-bond acceptors (Lipinski definition) is 7. The number of oxazole rings is 1. The highest BCUT2D eigenvalue weighted by molar-refractivity contribution is 5.87. The lowest BCUT2D eigenvalue weighted by atomic mass is 10.2. The zero-order valence-corrected chi connectivity index (χ0v) is 12.3. The van der Waals surface area contributed by atoms with Gasteiger partial charge in [0.05, 0.1) is 11.8 Å². The third-order valence-corrected chi connectivity index (χ3v) is 2.95. The smallest absolute Gasteiger partial charge is 0.417 e. The standard InChI is InChI=1S/C15H9F3N4O3/c16-15(17,18)9-4-5-10(20-7-9)12-8-21-14(24-12)22-25-13(23)11-3-1-2-6-19-11/h1-8H,(H,21,22). The first kappa shape index (κ1) is 16.4. The molecule has 0 saturated carbocycles. The van der Waals surface area contributed by atoms with Crippen molar-refractivity contribution in [3.05, 3.63) is 60.2 Å². The highest BCUT2D eigenvalue weighted by Crippen LogP contribution is 2.30. The van der Waals surface area contributed by atoms with E-state index in [4.69, 9.17) is 9.25 Å². The van der Waals surface area contributed by atoms with Crippen molar-refractivity contribution in [1.82, 2.24) is 15.0 Å². The number of halogens is 3. The van der Waals surface area contributed by atoms with Gasteiger partial charge >= 0.3 is 18.2 Å². The first-order chi connectivity index (χ1) is 11.9. The van der Waals surface area contributed by atoms with Crippen molar-refractivity contribution in [3.8, 4) is 11.5 Å². The van der Waals surface area contributed by atoms with E-state index < -0.39 is 17.7 Å². The van der Waals surface area contributed by atoms with Gasteiger partial charge in [0.2, 0.25) is 0 Å². The second kappa shape index (κ2) is 6.59. The van der Waals surface area contributed by atoms with Gasteiger partial charge in [0.1, 0.15) is 5.69 Å². The summed E-state index contributed by atoms with van der Waals surface area (Å²) in [4.78, 5) is 27.7. The third-order valence-electron chi connectivity index (χ3n) is 2.95. The van der Waals surface area contributed by atoms with Gasteiger partial charge in [0.25, 0.3) is 0 Å². The van der Waals surface area contributed by atoms with Crippen LogP contribution in [0.3, 0.4) is 0 Å². The van der Waals surface area contributed by atoms with E-state index in [2.05, 4.69) is 20.4 Å². The third kappa shape index (κ3) is 3.91. The number of anilines is 1. The molecule has 0 aromatic carbocycles. The van der Waals surface area contributed by atoms with Gasteiger partial charge in [0, 0.05) is 12.4 Å². The van der Waals surface area contributed by atoms with E-state index in [0.29, 0.717) is 6.20 Å². The van der Waals surface area contributed by atoms with Crippen LogP contribution in [0.2, 0.25) is 0 Å². The molecule has 128 valence electrons. The fourth-order valence-corrected chi connectivity index (χ4v) is 1.77. The van der Waals surface area contributed by atoms with Gasteiger partial charge in [-0.25, -0.2) is 9.78 Å². The Kier molecular flexibility index (Phi) is 4.33. The molecule has 0 aliphatic heterocycles. The van der Waals surface area contributed by atoms with Gasteiger partial charge in [-0.3, -0.25) is 4.98 Å². The maximum absolute atomic E-state index is 12.5. The molecule has 3 heterocycles. The molecule has 1 N–H and O–H groups in total. The summed E-state index contributed by atoms with van der Waals surface area (Å²) in [5, 5.41) is 0. The lowest BCUT2D eigenvalue weighted by Gasteiger charge is -2.05. The molecule has 0 amide bonds. The largest absolute Gasteiger partial charge is 0.420 e. The number of carbonyl (C=O) groups excluding carboxylic acids is 1. The number of rotatable bonds is 4. The molecule has 0 atom stereocenters. The zero-order valence-electron chi connectivity index (χ0n) is 12.3. The number of pyridine rings is 2. The number of hydrogen-bond donors (Lipinski definition) is 1. The average Bonchev–Trinajstić information content (AvgIpc) is 3.09. The summed E-state index contributed by atoms with van der Waals surface area (Å²) in [5.74, 6) is -0.655. The Hall–Kier alpha value is -3.43. The summed E-state index contributed by atoms with van der Waals surface area (Å²) in [6.07, 6.45) is -1.13. The van der Waals surface area contributed by atoms with Crippen LogP contribution < -0.4 is 5.48 Å². The number of aromatic nitrogens is 3. The molecule has 3 aromatic rings. The van der Waals surface area contributed by atoms with E-state index in [9.17, 15) is 18.0 Å². The molecular weight excluding hydrogens is 341 g/mol. The summed E-state index contributed by atoms with van der Waals surface area (Å²) in [6, 6.07) is 6.56. The summed E-state index contributed by atoms with van der Waals surface area (Å²) < 4.78 is 42.7. The number of nitrogens with one attached hydrogen (secondary N) is 1. The van der Waals surface area contributed by atoms with Crippen molar-refractivity contribution in [3.63, 3.8) is 0 Å². The normalized spacial score (nSPS) is 11.2. The molecule has 0 spiro atoms. The van der Waals surface area contributed by atoms with Crippen LogP contribution in [0, 0.1) is 0 Å². The molecule has 3 rings (SSSR count). The molecule has 0 fully saturated rings. The van der Waals surface area contributed by atoms with Crippen LogP contribution >= 0.6 is 0 Å². The van der Waals surface area contributed by atoms with Crippen molar-refractivity contribution >= 4 is 12.0 Å². The molecule has 0 radical (unpaired) electrons. The van der Waals surface area contributed by atoms with Crippen molar-refractivity contribution < 1.29 is 27.2 Å². The van der Waals surface area contributed by atoms with E-state index in [1.54, 1.807) is 12.1 Å². The molecule has 3 aromatic heterocycles. The van der Waals surface area contributed by atoms with Crippen LogP contribution in [-0.2, 0) is 11.0 Å². The van der Waals surface area contributed by atoms with E-state index >= 15 is 0 Å². The van der Waals surface area contributed by atoms with Gasteiger partial charge < -0.3 is 9.25 Å². The van der Waals surface area contributed by atoms with Crippen LogP contribution in [-0.4, -0.2) is 20.9 Å². The molecule has 0 aliphatic rings. The van der Waals surface area contributed by atoms with Gasteiger partial charge in [0.15, 0.2) is 11.5 Å². The predicted molar refractivity (Wildman–Crippen MR) is 78.0 cm³/mol. The van der Waals surface area contributed by atoms with Gasteiger partial charge in [-0.2, -0.15) is 23.6 Å². The number of carbonyl (C=O) groups is 1. The topological polar surface area (TPSA) is 90.1 Å². The molecule has 7 nitrogen and oxygen atoms in total. The fourth-order valence-electron chi connectivity index (χ4n) is 1.77. The van der Waals surface area contributed by atoms with Crippen LogP contribution in [0.1, 0.15) is 16.1 Å². The second-order valence-electron chi connectivity index (χ2n) is 4.67. The number of alkyl halides is 3. The van der Waals surface area contributed by atoms with Gasteiger partial charge in [-0.15, -0.1) is 0 Å². The predicted octanol–water partition coefficient (Wildman–Crippen LogP) is 3.33. The highest BCUT2D eigenvalue weighted by atomic mass is 19.4. The quantitative estimate of drug-likeness (QED) is 0.722. The van der Waals surface area contributed by atoms with Gasteiger partial charge in [-0.05, 0) is 24.3 Å². The fraction of sp³-hybridized carbons (Fsp3) is 0.0667. The van der Waals surface area contributed by atoms with Crippen LogP contribution in [0.5, 0.6) is 0 Å². The number of nitrogens with zero attached hydrogens (tertiary/aromatic N) is 3. The Morgan fingerprint density at radius 3 is 2.56 bits per heavy atom. The minimum atomic E-state index is -4.47. The SMILES string of the molecule is O=C(ONc1ncc(-c2ccc(C(F)(F)F)cn2)o1)c1ccccn1. The molecule has 0 saturated heterocycles. The first-order valence-electron chi connectivity index (χ1n) is 6.81. The zero-order chi connectivity index (χ0) is 17.9. The lowest BCUT2D eigenvalue weighted by molar-refractivity contribution is -0.137. The van der Waals surface area contributed by atoms with Crippen LogP contribution in [0.4, 0.5) is 19.2 Å². The molecule has 25 heavy (non-hydrogen) atoms. The Morgan fingerprint density at radius 1 is 1.08 bits per heavy atom.